The van der Waals surface area contributed by atoms with Crippen LogP contribution in [0.25, 0.3) is 5.69 Å². The number of para-hydroxylation sites is 1. The molecule has 2 aliphatic rings. The lowest BCUT2D eigenvalue weighted by atomic mass is 9.95. The average Bonchev–Trinajstić information content (AvgIpc) is 3.22. The van der Waals surface area contributed by atoms with Crippen molar-refractivity contribution in [1.82, 2.24) is 24.6 Å². The average molecular weight is 362 g/mol. The van der Waals surface area contributed by atoms with Crippen LogP contribution < -0.4 is 5.73 Å². The molecule has 1 saturated heterocycles. The van der Waals surface area contributed by atoms with Crippen LogP contribution in [-0.4, -0.2) is 43.2 Å². The molecule has 0 saturated carbocycles. The Kier molecular flexibility index (Phi) is 3.40. The Morgan fingerprint density at radius 1 is 1.26 bits per heavy atom. The van der Waals surface area contributed by atoms with Gasteiger partial charge in [0.15, 0.2) is 5.72 Å². The minimum absolute atomic E-state index is 0.00476. The molecule has 0 spiro atoms. The van der Waals surface area contributed by atoms with E-state index in [2.05, 4.69) is 20.0 Å². The van der Waals surface area contributed by atoms with Gasteiger partial charge in [0.05, 0.1) is 24.0 Å². The molecule has 2 unspecified atom stereocenters. The molecule has 0 radical (unpaired) electrons. The van der Waals surface area contributed by atoms with E-state index in [1.165, 1.54) is 0 Å². The Hall–Kier alpha value is -3.10. The van der Waals surface area contributed by atoms with Gasteiger partial charge in [-0.05, 0) is 25.1 Å². The number of carbonyl (C=O) groups excluding carboxylic acids is 1. The van der Waals surface area contributed by atoms with E-state index in [1.54, 1.807) is 10.9 Å². The van der Waals surface area contributed by atoms with Crippen molar-refractivity contribution in [1.29, 1.82) is 0 Å². The first-order chi connectivity index (χ1) is 13.1. The number of benzene rings is 1. The van der Waals surface area contributed by atoms with Gasteiger partial charge in [0, 0.05) is 18.3 Å². The lowest BCUT2D eigenvalue weighted by Crippen LogP contribution is -2.43. The fourth-order valence-corrected chi connectivity index (χ4v) is 4.03. The predicted octanol–water partition coefficient (Wildman–Crippen LogP) is 1.20. The Morgan fingerprint density at radius 2 is 2.07 bits per heavy atom. The van der Waals surface area contributed by atoms with Gasteiger partial charge in [-0.1, -0.05) is 24.3 Å². The number of nitrogens with two attached hydrogens (primary N) is 1. The fourth-order valence-electron chi connectivity index (χ4n) is 4.03. The van der Waals surface area contributed by atoms with Gasteiger partial charge in [-0.25, -0.2) is 9.67 Å². The van der Waals surface area contributed by atoms with Gasteiger partial charge >= 0.3 is 0 Å². The molecular formula is C19H18N6O2. The molecule has 8 nitrogen and oxygen atoms in total. The van der Waals surface area contributed by atoms with E-state index in [0.29, 0.717) is 18.9 Å². The molecule has 2 aromatic heterocycles. The number of rotatable bonds is 2. The zero-order valence-electron chi connectivity index (χ0n) is 14.7. The summed E-state index contributed by atoms with van der Waals surface area (Å²) >= 11 is 0. The lowest BCUT2D eigenvalue weighted by molar-refractivity contribution is -0.0789. The van der Waals surface area contributed by atoms with Crippen LogP contribution in [0.5, 0.6) is 0 Å². The van der Waals surface area contributed by atoms with Crippen LogP contribution >= 0.6 is 0 Å². The number of carbonyl (C=O) groups is 1. The van der Waals surface area contributed by atoms with Crippen LogP contribution in [0.4, 0.5) is 0 Å². The summed E-state index contributed by atoms with van der Waals surface area (Å²) in [5.74, 6) is 0.0140. The van der Waals surface area contributed by atoms with Gasteiger partial charge in [-0.3, -0.25) is 14.7 Å². The molecule has 1 aromatic carbocycles. The van der Waals surface area contributed by atoms with Gasteiger partial charge in [-0.2, -0.15) is 0 Å². The minimum atomic E-state index is -0.841. The second kappa shape index (κ2) is 5.70. The molecular weight excluding hydrogens is 344 g/mol. The Labute approximate surface area is 155 Å². The lowest BCUT2D eigenvalue weighted by Gasteiger charge is -2.35. The smallest absolute Gasteiger partial charge is 0.288 e. The maximum absolute atomic E-state index is 11.6. The number of pyridine rings is 1. The molecule has 1 fully saturated rings. The van der Waals surface area contributed by atoms with Crippen LogP contribution in [0.2, 0.25) is 0 Å². The first-order valence-corrected chi connectivity index (χ1v) is 8.79. The van der Waals surface area contributed by atoms with Crippen molar-refractivity contribution in [3.05, 3.63) is 71.6 Å². The summed E-state index contributed by atoms with van der Waals surface area (Å²) in [4.78, 5) is 22.8. The zero-order chi connectivity index (χ0) is 18.6. The fraction of sp³-hybridized carbons (Fsp3) is 0.263. The van der Waals surface area contributed by atoms with E-state index < -0.39 is 11.6 Å². The Balaban J connectivity index is 1.81. The van der Waals surface area contributed by atoms with Crippen molar-refractivity contribution in [2.45, 2.75) is 25.3 Å². The van der Waals surface area contributed by atoms with Crippen LogP contribution in [-0.2, 0) is 17.0 Å². The van der Waals surface area contributed by atoms with E-state index in [-0.39, 0.29) is 11.9 Å². The van der Waals surface area contributed by atoms with Crippen molar-refractivity contribution in [3.8, 4) is 5.69 Å². The van der Waals surface area contributed by atoms with Crippen molar-refractivity contribution >= 4 is 5.91 Å². The van der Waals surface area contributed by atoms with E-state index in [0.717, 1.165) is 16.9 Å². The molecule has 8 heteroatoms. The van der Waals surface area contributed by atoms with E-state index >= 15 is 0 Å². The zero-order valence-corrected chi connectivity index (χ0v) is 14.7. The van der Waals surface area contributed by atoms with E-state index in [4.69, 9.17) is 10.5 Å². The van der Waals surface area contributed by atoms with Crippen LogP contribution in [0.15, 0.2) is 48.7 Å². The molecule has 1 amide bonds. The van der Waals surface area contributed by atoms with Crippen molar-refractivity contribution in [2.75, 3.05) is 6.54 Å². The van der Waals surface area contributed by atoms with Gasteiger partial charge in [-0.15, -0.1) is 5.10 Å². The van der Waals surface area contributed by atoms with Gasteiger partial charge in [0.25, 0.3) is 5.91 Å². The number of hydrogen-bond donors (Lipinski definition) is 1. The molecule has 2 atom stereocenters. The summed E-state index contributed by atoms with van der Waals surface area (Å²) in [6.45, 7) is 3.20. The molecule has 5 rings (SSSR count). The summed E-state index contributed by atoms with van der Waals surface area (Å²) in [7, 11) is 0. The Bertz CT molecular complexity index is 1030. The summed E-state index contributed by atoms with van der Waals surface area (Å²) in [5, 5.41) is 4.35. The summed E-state index contributed by atoms with van der Waals surface area (Å²) in [6, 6.07) is 13.7. The van der Waals surface area contributed by atoms with Crippen molar-refractivity contribution in [3.63, 3.8) is 0 Å². The molecule has 0 aliphatic carbocycles. The largest absolute Gasteiger partial charge is 0.363 e. The third kappa shape index (κ3) is 2.23. The summed E-state index contributed by atoms with van der Waals surface area (Å²) < 4.78 is 8.21. The van der Waals surface area contributed by atoms with Crippen LogP contribution in [0.3, 0.4) is 0 Å². The topological polar surface area (TPSA) is 99.2 Å². The number of amides is 1. The number of aromatic nitrogens is 4. The molecule has 0 bridgehead atoms. The first-order valence-electron chi connectivity index (χ1n) is 8.79. The summed E-state index contributed by atoms with van der Waals surface area (Å²) in [5.41, 5.74) is 7.08. The highest BCUT2D eigenvalue weighted by Crippen LogP contribution is 2.46. The number of ether oxygens (including phenoxy) is 1. The molecule has 2 N–H and O–H groups in total. The number of primary amides is 1. The number of hydrogen-bond acceptors (Lipinski definition) is 6. The predicted molar refractivity (Wildman–Crippen MR) is 95.9 cm³/mol. The maximum Gasteiger partial charge on any atom is 0.288 e. The monoisotopic (exact) mass is 362 g/mol. The van der Waals surface area contributed by atoms with Crippen molar-refractivity contribution < 1.29 is 9.53 Å². The van der Waals surface area contributed by atoms with Crippen molar-refractivity contribution in [2.24, 2.45) is 5.73 Å². The van der Waals surface area contributed by atoms with E-state index in [9.17, 15) is 4.79 Å². The standard InChI is InChI=1S/C19H18N6O2/c1-12-10-24-11-16-22-18(17(20)26)23-25(16)14-7-3-2-6-13(14)19(24,27-12)15-8-4-5-9-21-15/h2-9,12H,10-11H2,1H3,(H2,20,26). The molecule has 2 aliphatic heterocycles. The normalized spacial score (nSPS) is 24.0. The second-order valence-electron chi connectivity index (χ2n) is 6.81. The molecule has 4 heterocycles. The Morgan fingerprint density at radius 3 is 2.85 bits per heavy atom. The highest BCUT2D eigenvalue weighted by molar-refractivity contribution is 5.88. The number of fused-ring (bicyclic) bond motifs is 5. The summed E-state index contributed by atoms with van der Waals surface area (Å²) in [6.07, 6.45) is 1.77. The van der Waals surface area contributed by atoms with Gasteiger partial charge in [0.2, 0.25) is 5.82 Å². The van der Waals surface area contributed by atoms with E-state index in [1.807, 2.05) is 49.4 Å². The van der Waals surface area contributed by atoms with Gasteiger partial charge in [0.1, 0.15) is 5.82 Å². The molecule has 3 aromatic rings. The second-order valence-corrected chi connectivity index (χ2v) is 6.81. The number of nitrogens with zero attached hydrogens (tertiary/aromatic N) is 5. The van der Waals surface area contributed by atoms with Crippen LogP contribution in [0, 0.1) is 0 Å². The molecule has 27 heavy (non-hydrogen) atoms. The first kappa shape index (κ1) is 16.1. The maximum atomic E-state index is 11.6. The third-order valence-corrected chi connectivity index (χ3v) is 5.03. The minimum Gasteiger partial charge on any atom is -0.363 e. The molecule has 136 valence electrons. The van der Waals surface area contributed by atoms with Gasteiger partial charge < -0.3 is 10.5 Å². The quantitative estimate of drug-likeness (QED) is 0.735. The third-order valence-electron chi connectivity index (χ3n) is 5.03. The highest BCUT2D eigenvalue weighted by atomic mass is 16.5. The highest BCUT2D eigenvalue weighted by Gasteiger charge is 2.52. The van der Waals surface area contributed by atoms with Crippen LogP contribution in [0.1, 0.15) is 34.6 Å². The SMILES string of the molecule is CC1CN2Cc3nc(C(N)=O)nn3-c3ccccc3C2(c2ccccn2)O1.